The van der Waals surface area contributed by atoms with Crippen LogP contribution in [0.15, 0.2) is 11.3 Å². The third-order valence-electron chi connectivity index (χ3n) is 3.84. The molecule has 0 spiro atoms. The third-order valence-corrected chi connectivity index (χ3v) is 5.83. The number of hydrogen-bond acceptors (Lipinski definition) is 3. The summed E-state index contributed by atoms with van der Waals surface area (Å²) in [7, 11) is -4.41. The van der Waals surface area contributed by atoms with Gasteiger partial charge in [0.1, 0.15) is 0 Å². The molecule has 0 aliphatic rings. The van der Waals surface area contributed by atoms with E-state index in [-0.39, 0.29) is 77.7 Å². The van der Waals surface area contributed by atoms with E-state index < -0.39 is 18.8 Å². The van der Waals surface area contributed by atoms with Crippen LogP contribution in [0.3, 0.4) is 0 Å². The summed E-state index contributed by atoms with van der Waals surface area (Å²) >= 11 is 0. The van der Waals surface area contributed by atoms with Crippen LogP contribution in [0.25, 0.3) is 0 Å². The van der Waals surface area contributed by atoms with Crippen molar-refractivity contribution < 1.29 is 19.5 Å². The molecule has 0 aromatic carbocycles. The first kappa shape index (κ1) is 27.5. The van der Waals surface area contributed by atoms with Crippen LogP contribution in [-0.2, 0) is 4.57 Å². The van der Waals surface area contributed by atoms with Gasteiger partial charge in [-0.3, -0.25) is 4.57 Å². The fourth-order valence-electron chi connectivity index (χ4n) is 2.67. The van der Waals surface area contributed by atoms with E-state index in [1.807, 2.05) is 6.92 Å². The Kier molecular flexibility index (Phi) is 15.8. The summed E-state index contributed by atoms with van der Waals surface area (Å²) in [5, 5.41) is 8.79. The molecule has 0 saturated carbocycles. The number of nitrogens with two attached hydrogens (primary N) is 1. The first-order valence-electron chi connectivity index (χ1n) is 6.95. The molecule has 5 N–H and O–H groups in total. The van der Waals surface area contributed by atoms with Crippen molar-refractivity contribution in [3.63, 3.8) is 0 Å². The van der Waals surface area contributed by atoms with Gasteiger partial charge in [0.05, 0.1) is 10.9 Å². The van der Waals surface area contributed by atoms with Crippen LogP contribution in [0.2, 0.25) is 0 Å². The third kappa shape index (κ3) is 6.58. The molecule has 0 rings (SSSR count). The second kappa shape index (κ2) is 12.1. The fraction of sp³-hybridized carbons (Fsp3) is 0.846. The van der Waals surface area contributed by atoms with E-state index in [0.29, 0.717) is 18.4 Å². The SMILES string of the molecule is CCCC(N)C(=C(O)CC)C(CC)(CC)P(=O)(O)O.[Na].[Na]. The second-order valence-electron chi connectivity index (χ2n) is 4.89. The van der Waals surface area contributed by atoms with Crippen LogP contribution >= 0.6 is 7.60 Å². The van der Waals surface area contributed by atoms with Gasteiger partial charge in [-0.1, -0.05) is 34.1 Å². The van der Waals surface area contributed by atoms with Crippen LogP contribution in [-0.4, -0.2) is 85.2 Å². The number of rotatable bonds is 8. The van der Waals surface area contributed by atoms with Gasteiger partial charge in [-0.15, -0.1) is 0 Å². The molecule has 0 amide bonds. The van der Waals surface area contributed by atoms with E-state index in [1.54, 1.807) is 20.8 Å². The predicted molar refractivity (Wildman–Crippen MR) is 89.7 cm³/mol. The predicted octanol–water partition coefficient (Wildman–Crippen LogP) is 2.31. The van der Waals surface area contributed by atoms with Crippen molar-refractivity contribution in [2.24, 2.45) is 5.73 Å². The van der Waals surface area contributed by atoms with Crippen LogP contribution in [0.4, 0.5) is 0 Å². The molecule has 116 valence electrons. The molecule has 1 unspecified atom stereocenters. The van der Waals surface area contributed by atoms with E-state index in [2.05, 4.69) is 0 Å². The smallest absolute Gasteiger partial charge is 0.335 e. The fourth-order valence-corrected chi connectivity index (χ4v) is 4.11. The largest absolute Gasteiger partial charge is 0.512 e. The van der Waals surface area contributed by atoms with Crippen molar-refractivity contribution >= 4 is 66.7 Å². The Labute approximate surface area is 172 Å². The van der Waals surface area contributed by atoms with Gasteiger partial charge in [-0.25, -0.2) is 0 Å². The molecule has 0 aliphatic heterocycles. The summed E-state index contributed by atoms with van der Waals surface area (Å²) in [4.78, 5) is 19.5. The average molecular weight is 339 g/mol. The normalized spacial score (nSPS) is 14.6. The molecule has 5 nitrogen and oxygen atoms in total. The maximum Gasteiger partial charge on any atom is 0.335 e. The van der Waals surface area contributed by atoms with Gasteiger partial charge in [0, 0.05) is 77.2 Å². The molecule has 0 bridgehead atoms. The molecule has 0 saturated heterocycles. The number of aliphatic hydroxyl groups is 1. The molecule has 0 aliphatic carbocycles. The number of aliphatic hydroxyl groups excluding tert-OH is 1. The Morgan fingerprint density at radius 3 is 1.81 bits per heavy atom. The van der Waals surface area contributed by atoms with Crippen LogP contribution < -0.4 is 5.73 Å². The van der Waals surface area contributed by atoms with Crippen molar-refractivity contribution in [1.82, 2.24) is 0 Å². The van der Waals surface area contributed by atoms with Crippen LogP contribution in [0.1, 0.15) is 59.8 Å². The van der Waals surface area contributed by atoms with Gasteiger partial charge >= 0.3 is 7.60 Å². The first-order chi connectivity index (χ1) is 8.71. The molecule has 0 heterocycles. The molecular formula is C13H28NNa2O4P. The summed E-state index contributed by atoms with van der Waals surface area (Å²) in [6.07, 6.45) is 2.23. The minimum absolute atomic E-state index is 0. The standard InChI is InChI=1S/C13H28NO4P.2Na/c1-5-9-10(14)12(11(15)6-2)13(7-3,8-4)19(16,17)18;;/h10,15H,5-9,14H2,1-4H3,(H2,16,17,18);;. The minimum Gasteiger partial charge on any atom is -0.512 e. The molecule has 0 fully saturated rings. The Hall–Kier alpha value is 1.65. The van der Waals surface area contributed by atoms with E-state index >= 15 is 0 Å². The van der Waals surface area contributed by atoms with Crippen LogP contribution in [0.5, 0.6) is 0 Å². The summed E-state index contributed by atoms with van der Waals surface area (Å²) in [5.41, 5.74) is 6.42. The zero-order valence-electron chi connectivity index (χ0n) is 14.4. The molecule has 0 aromatic heterocycles. The van der Waals surface area contributed by atoms with Gasteiger partial charge in [0.15, 0.2) is 0 Å². The second-order valence-corrected chi connectivity index (χ2v) is 6.84. The van der Waals surface area contributed by atoms with Crippen LogP contribution in [0, 0.1) is 0 Å². The minimum atomic E-state index is -4.41. The Balaban J connectivity index is -0.00000162. The summed E-state index contributed by atoms with van der Waals surface area (Å²) in [5.74, 6) is 0.0213. The topological polar surface area (TPSA) is 104 Å². The van der Waals surface area contributed by atoms with E-state index in [0.717, 1.165) is 6.42 Å². The van der Waals surface area contributed by atoms with E-state index in [1.165, 1.54) is 0 Å². The monoisotopic (exact) mass is 339 g/mol. The van der Waals surface area contributed by atoms with Crippen molar-refractivity contribution in [3.05, 3.63) is 11.3 Å². The van der Waals surface area contributed by atoms with E-state index in [9.17, 15) is 19.5 Å². The summed E-state index contributed by atoms with van der Waals surface area (Å²) in [6.45, 7) is 7.16. The van der Waals surface area contributed by atoms with Crippen molar-refractivity contribution in [2.45, 2.75) is 71.0 Å². The van der Waals surface area contributed by atoms with Gasteiger partial charge in [-0.2, -0.15) is 0 Å². The Morgan fingerprint density at radius 1 is 1.14 bits per heavy atom. The average Bonchev–Trinajstić information content (AvgIpc) is 2.33. The molecule has 1 atom stereocenters. The van der Waals surface area contributed by atoms with Crippen molar-refractivity contribution in [1.29, 1.82) is 0 Å². The van der Waals surface area contributed by atoms with E-state index in [4.69, 9.17) is 5.73 Å². The maximum atomic E-state index is 12.0. The summed E-state index contributed by atoms with van der Waals surface area (Å²) in [6, 6.07) is -0.516. The molecular weight excluding hydrogens is 311 g/mol. The van der Waals surface area contributed by atoms with Crippen molar-refractivity contribution in [2.75, 3.05) is 0 Å². The van der Waals surface area contributed by atoms with Gasteiger partial charge in [-0.05, 0) is 19.3 Å². The Bertz CT molecular complexity index is 367. The van der Waals surface area contributed by atoms with Gasteiger partial charge < -0.3 is 20.6 Å². The molecule has 0 aromatic rings. The first-order valence-corrected chi connectivity index (χ1v) is 8.56. The van der Waals surface area contributed by atoms with Gasteiger partial charge in [0.2, 0.25) is 0 Å². The molecule has 8 heteroatoms. The zero-order valence-corrected chi connectivity index (χ0v) is 19.3. The maximum absolute atomic E-state index is 12.0. The molecule has 2 radical (unpaired) electrons. The molecule has 21 heavy (non-hydrogen) atoms. The Morgan fingerprint density at radius 2 is 1.57 bits per heavy atom. The van der Waals surface area contributed by atoms with Crippen molar-refractivity contribution in [3.8, 4) is 0 Å². The number of allylic oxidation sites excluding steroid dienone is 1. The quantitative estimate of drug-likeness (QED) is 0.309. The zero-order chi connectivity index (χ0) is 15.3. The van der Waals surface area contributed by atoms with Gasteiger partial charge in [0.25, 0.3) is 0 Å². The summed E-state index contributed by atoms with van der Waals surface area (Å²) < 4.78 is 12.0. The number of hydrogen-bond donors (Lipinski definition) is 4.